The molecule has 12 heavy (non-hydrogen) atoms. The van der Waals surface area contributed by atoms with Crippen molar-refractivity contribution in [2.75, 3.05) is 7.11 Å². The molecule has 4 heteroatoms. The highest BCUT2D eigenvalue weighted by Crippen LogP contribution is 2.15. The van der Waals surface area contributed by atoms with Gasteiger partial charge in [0.1, 0.15) is 5.65 Å². The maximum absolute atomic E-state index is 4.93. The van der Waals surface area contributed by atoms with Gasteiger partial charge >= 0.3 is 6.01 Å². The smallest absolute Gasteiger partial charge is 0.318 e. The second-order valence-corrected chi connectivity index (χ2v) is 2.54. The van der Waals surface area contributed by atoms with Gasteiger partial charge in [-0.15, -0.1) is 0 Å². The third-order valence-electron chi connectivity index (χ3n) is 1.77. The van der Waals surface area contributed by atoms with E-state index in [1.54, 1.807) is 7.11 Å². The predicted octanol–water partition coefficient (Wildman–Crippen LogP) is 1.27. The topological polar surface area (TPSA) is 50.8 Å². The number of hydrogen-bond donors (Lipinski definition) is 1. The van der Waals surface area contributed by atoms with Gasteiger partial charge in [0.15, 0.2) is 0 Å². The second-order valence-electron chi connectivity index (χ2n) is 2.54. The molecule has 0 aliphatic heterocycles. The zero-order valence-corrected chi connectivity index (χ0v) is 6.96. The van der Waals surface area contributed by atoms with Crippen molar-refractivity contribution in [3.8, 4) is 6.01 Å². The fourth-order valence-corrected chi connectivity index (χ4v) is 1.16. The van der Waals surface area contributed by atoms with E-state index in [1.807, 2.05) is 19.2 Å². The average Bonchev–Trinajstić information content (AvgIpc) is 2.52. The SMILES string of the molecule is COc1nc(C)c2cc[nH]c2n1. The largest absolute Gasteiger partial charge is 0.467 e. The summed E-state index contributed by atoms with van der Waals surface area (Å²) in [4.78, 5) is 11.3. The molecule has 2 aromatic heterocycles. The van der Waals surface area contributed by atoms with Gasteiger partial charge in [0.2, 0.25) is 0 Å². The molecule has 0 amide bonds. The normalized spacial score (nSPS) is 10.5. The Morgan fingerprint density at radius 3 is 3.00 bits per heavy atom. The molecule has 2 heterocycles. The van der Waals surface area contributed by atoms with Crippen LogP contribution < -0.4 is 4.74 Å². The zero-order valence-electron chi connectivity index (χ0n) is 6.96. The first-order valence-electron chi connectivity index (χ1n) is 3.67. The van der Waals surface area contributed by atoms with Gasteiger partial charge in [0.25, 0.3) is 0 Å². The highest BCUT2D eigenvalue weighted by molar-refractivity contribution is 5.77. The van der Waals surface area contributed by atoms with E-state index >= 15 is 0 Å². The lowest BCUT2D eigenvalue weighted by atomic mass is 10.3. The molecular weight excluding hydrogens is 154 g/mol. The van der Waals surface area contributed by atoms with E-state index in [4.69, 9.17) is 4.74 Å². The fourth-order valence-electron chi connectivity index (χ4n) is 1.16. The van der Waals surface area contributed by atoms with Crippen molar-refractivity contribution in [1.82, 2.24) is 15.0 Å². The Labute approximate surface area is 69.6 Å². The van der Waals surface area contributed by atoms with Crippen LogP contribution >= 0.6 is 0 Å². The molecule has 0 unspecified atom stereocenters. The number of fused-ring (bicyclic) bond motifs is 1. The van der Waals surface area contributed by atoms with Crippen molar-refractivity contribution in [3.05, 3.63) is 18.0 Å². The molecule has 2 aromatic rings. The number of aryl methyl sites for hydroxylation is 1. The zero-order chi connectivity index (χ0) is 8.55. The number of nitrogens with one attached hydrogen (secondary N) is 1. The molecule has 4 nitrogen and oxygen atoms in total. The van der Waals surface area contributed by atoms with E-state index < -0.39 is 0 Å². The van der Waals surface area contributed by atoms with Crippen LogP contribution in [0.4, 0.5) is 0 Å². The molecule has 1 N–H and O–H groups in total. The van der Waals surface area contributed by atoms with E-state index in [9.17, 15) is 0 Å². The minimum Gasteiger partial charge on any atom is -0.467 e. The van der Waals surface area contributed by atoms with Gasteiger partial charge in [0, 0.05) is 11.6 Å². The number of methoxy groups -OCH3 is 1. The lowest BCUT2D eigenvalue weighted by Gasteiger charge is -1.99. The monoisotopic (exact) mass is 163 g/mol. The van der Waals surface area contributed by atoms with Crippen molar-refractivity contribution in [2.24, 2.45) is 0 Å². The van der Waals surface area contributed by atoms with E-state index in [1.165, 1.54) is 0 Å². The minimum absolute atomic E-state index is 0.405. The molecule has 0 saturated heterocycles. The lowest BCUT2D eigenvalue weighted by Crippen LogP contribution is -1.94. The number of hydrogen-bond acceptors (Lipinski definition) is 3. The van der Waals surface area contributed by atoms with Crippen LogP contribution in [0.3, 0.4) is 0 Å². The Morgan fingerprint density at radius 2 is 2.25 bits per heavy atom. The average molecular weight is 163 g/mol. The van der Waals surface area contributed by atoms with Gasteiger partial charge in [-0.1, -0.05) is 0 Å². The molecule has 0 radical (unpaired) electrons. The van der Waals surface area contributed by atoms with Crippen LogP contribution in [0.2, 0.25) is 0 Å². The van der Waals surface area contributed by atoms with Gasteiger partial charge < -0.3 is 9.72 Å². The van der Waals surface area contributed by atoms with Crippen LogP contribution in [0.1, 0.15) is 5.69 Å². The number of ether oxygens (including phenoxy) is 1. The summed E-state index contributed by atoms with van der Waals surface area (Å²) in [6.45, 7) is 1.93. The lowest BCUT2D eigenvalue weighted by molar-refractivity contribution is 0.380. The van der Waals surface area contributed by atoms with E-state index in [0.717, 1.165) is 16.7 Å². The first-order chi connectivity index (χ1) is 5.81. The molecule has 0 atom stereocenters. The van der Waals surface area contributed by atoms with Crippen LogP contribution in [0.15, 0.2) is 12.3 Å². The standard InChI is InChI=1S/C8H9N3O/c1-5-6-3-4-9-7(6)11-8(10-5)12-2/h3-4H,1-2H3,(H,9,10,11). The summed E-state index contributed by atoms with van der Waals surface area (Å²) in [5, 5.41) is 1.04. The summed E-state index contributed by atoms with van der Waals surface area (Å²) in [5.74, 6) is 0. The van der Waals surface area contributed by atoms with Crippen molar-refractivity contribution in [1.29, 1.82) is 0 Å². The van der Waals surface area contributed by atoms with Gasteiger partial charge in [0.05, 0.1) is 12.8 Å². The van der Waals surface area contributed by atoms with Gasteiger partial charge in [-0.3, -0.25) is 0 Å². The third-order valence-corrected chi connectivity index (χ3v) is 1.77. The maximum atomic E-state index is 4.93. The molecule has 0 aromatic carbocycles. The van der Waals surface area contributed by atoms with E-state index in [-0.39, 0.29) is 0 Å². The summed E-state index contributed by atoms with van der Waals surface area (Å²) >= 11 is 0. The first kappa shape index (κ1) is 7.09. The molecule has 62 valence electrons. The van der Waals surface area contributed by atoms with Gasteiger partial charge in [-0.05, 0) is 13.0 Å². The highest BCUT2D eigenvalue weighted by atomic mass is 16.5. The van der Waals surface area contributed by atoms with E-state index in [0.29, 0.717) is 6.01 Å². The molecular formula is C8H9N3O. The Bertz CT molecular complexity index is 408. The fraction of sp³-hybridized carbons (Fsp3) is 0.250. The second kappa shape index (κ2) is 2.48. The van der Waals surface area contributed by atoms with Crippen molar-refractivity contribution < 1.29 is 4.74 Å². The first-order valence-corrected chi connectivity index (χ1v) is 3.67. The van der Waals surface area contributed by atoms with Crippen molar-refractivity contribution >= 4 is 11.0 Å². The molecule has 0 spiro atoms. The van der Waals surface area contributed by atoms with Crippen LogP contribution in [-0.2, 0) is 0 Å². The number of H-pyrrole nitrogens is 1. The summed E-state index contributed by atoms with van der Waals surface area (Å²) < 4.78 is 4.93. The summed E-state index contributed by atoms with van der Waals surface area (Å²) in [6, 6.07) is 2.35. The summed E-state index contributed by atoms with van der Waals surface area (Å²) in [7, 11) is 1.56. The van der Waals surface area contributed by atoms with Gasteiger partial charge in [-0.2, -0.15) is 9.97 Å². The Kier molecular flexibility index (Phi) is 1.46. The highest BCUT2D eigenvalue weighted by Gasteiger charge is 2.03. The summed E-state index contributed by atoms with van der Waals surface area (Å²) in [5.41, 5.74) is 1.75. The van der Waals surface area contributed by atoms with E-state index in [2.05, 4.69) is 15.0 Å². The Hall–Kier alpha value is -1.58. The molecule has 2 rings (SSSR count). The predicted molar refractivity (Wildman–Crippen MR) is 45.2 cm³/mol. The number of aromatic amines is 1. The third kappa shape index (κ3) is 0.922. The summed E-state index contributed by atoms with van der Waals surface area (Å²) in [6.07, 6.45) is 1.84. The van der Waals surface area contributed by atoms with Crippen LogP contribution in [0.25, 0.3) is 11.0 Å². The quantitative estimate of drug-likeness (QED) is 0.688. The molecule has 0 saturated carbocycles. The van der Waals surface area contributed by atoms with Crippen molar-refractivity contribution in [2.45, 2.75) is 6.92 Å². The number of nitrogens with zero attached hydrogens (tertiary/aromatic N) is 2. The molecule has 0 aliphatic carbocycles. The Morgan fingerprint density at radius 1 is 1.42 bits per heavy atom. The van der Waals surface area contributed by atoms with Crippen LogP contribution in [0.5, 0.6) is 6.01 Å². The van der Waals surface area contributed by atoms with Gasteiger partial charge in [-0.25, -0.2) is 0 Å². The van der Waals surface area contributed by atoms with Crippen LogP contribution in [0, 0.1) is 6.92 Å². The van der Waals surface area contributed by atoms with Crippen LogP contribution in [-0.4, -0.2) is 22.1 Å². The Balaban J connectivity index is 2.75. The number of rotatable bonds is 1. The number of aromatic nitrogens is 3. The molecule has 0 aliphatic rings. The molecule has 0 bridgehead atoms. The minimum atomic E-state index is 0.405. The van der Waals surface area contributed by atoms with Crippen molar-refractivity contribution in [3.63, 3.8) is 0 Å². The molecule has 0 fully saturated rings. The maximum Gasteiger partial charge on any atom is 0.318 e.